The fraction of sp³-hybridized carbons (Fsp3) is 0.333. The van der Waals surface area contributed by atoms with Crippen molar-refractivity contribution in [3.8, 4) is 0 Å². The van der Waals surface area contributed by atoms with Gasteiger partial charge in [0.2, 0.25) is 0 Å². The van der Waals surface area contributed by atoms with Gasteiger partial charge in [-0.15, -0.1) is 0 Å². The van der Waals surface area contributed by atoms with Crippen LogP contribution >= 0.6 is 0 Å². The van der Waals surface area contributed by atoms with Gasteiger partial charge in [-0.25, -0.2) is 8.42 Å². The molecular formula is C24H26N2O4S. The summed E-state index contributed by atoms with van der Waals surface area (Å²) in [4.78, 5) is 27.2. The fourth-order valence-corrected chi connectivity index (χ4v) is 4.86. The van der Waals surface area contributed by atoms with Crippen LogP contribution in [-0.4, -0.2) is 32.2 Å². The standard InChI is InChI=1S/C24H26N2O4S/c1-4-26-22-11-10-19(13-21(22)20(14-23(26)27)17-8-9-17)25(2)24(28)18-7-5-6-16(12-18)15-31(3,29)30/h5-7,10-14,17H,4,8-9,15H2,1-3H3. The molecule has 2 aromatic carbocycles. The maximum Gasteiger partial charge on any atom is 0.258 e. The summed E-state index contributed by atoms with van der Waals surface area (Å²) in [5.41, 5.74) is 3.71. The summed E-state index contributed by atoms with van der Waals surface area (Å²) in [6.45, 7) is 2.53. The van der Waals surface area contributed by atoms with Gasteiger partial charge in [0, 0.05) is 42.6 Å². The molecule has 1 amide bonds. The topological polar surface area (TPSA) is 76.5 Å². The van der Waals surface area contributed by atoms with Crippen molar-refractivity contribution in [2.75, 3.05) is 18.2 Å². The van der Waals surface area contributed by atoms with Gasteiger partial charge in [-0.2, -0.15) is 0 Å². The minimum atomic E-state index is -3.19. The van der Waals surface area contributed by atoms with Crippen molar-refractivity contribution in [1.82, 2.24) is 4.57 Å². The summed E-state index contributed by atoms with van der Waals surface area (Å²) in [5, 5.41) is 1.01. The van der Waals surface area contributed by atoms with E-state index in [-0.39, 0.29) is 17.2 Å². The summed E-state index contributed by atoms with van der Waals surface area (Å²) in [7, 11) is -1.48. The SMILES string of the molecule is CCn1c(=O)cc(C2CC2)c2cc(N(C)C(=O)c3cccc(CS(C)(=O)=O)c3)ccc21. The normalized spacial score (nSPS) is 14.0. The van der Waals surface area contributed by atoms with Gasteiger partial charge >= 0.3 is 0 Å². The first-order chi connectivity index (χ1) is 14.7. The monoisotopic (exact) mass is 438 g/mol. The summed E-state index contributed by atoms with van der Waals surface area (Å²) in [6, 6.07) is 14.2. The van der Waals surface area contributed by atoms with Crippen LogP contribution in [-0.2, 0) is 22.1 Å². The molecule has 0 atom stereocenters. The minimum Gasteiger partial charge on any atom is -0.311 e. The lowest BCUT2D eigenvalue weighted by Crippen LogP contribution is -2.26. The molecule has 0 unspecified atom stereocenters. The molecule has 0 bridgehead atoms. The molecule has 1 heterocycles. The number of fused-ring (bicyclic) bond motifs is 1. The van der Waals surface area contributed by atoms with E-state index in [2.05, 4.69) is 0 Å². The summed E-state index contributed by atoms with van der Waals surface area (Å²) < 4.78 is 25.0. The zero-order valence-electron chi connectivity index (χ0n) is 18.0. The summed E-state index contributed by atoms with van der Waals surface area (Å²) >= 11 is 0. The molecule has 0 saturated heterocycles. The second-order valence-electron chi connectivity index (χ2n) is 8.29. The van der Waals surface area contributed by atoms with Crippen LogP contribution in [0.15, 0.2) is 53.3 Å². The van der Waals surface area contributed by atoms with Crippen molar-refractivity contribution in [3.63, 3.8) is 0 Å². The lowest BCUT2D eigenvalue weighted by atomic mass is 10.0. The van der Waals surface area contributed by atoms with Crippen LogP contribution < -0.4 is 10.5 Å². The third-order valence-corrected chi connectivity index (χ3v) is 6.61. The first-order valence-electron chi connectivity index (χ1n) is 10.4. The largest absolute Gasteiger partial charge is 0.311 e. The molecule has 1 aromatic heterocycles. The Hall–Kier alpha value is -2.93. The number of hydrogen-bond acceptors (Lipinski definition) is 4. The molecule has 0 radical (unpaired) electrons. The fourth-order valence-electron chi connectivity index (χ4n) is 4.07. The second-order valence-corrected chi connectivity index (χ2v) is 10.4. The average molecular weight is 439 g/mol. The number of benzene rings is 2. The van der Waals surface area contributed by atoms with E-state index in [1.54, 1.807) is 46.8 Å². The number of pyridine rings is 1. The molecule has 0 N–H and O–H groups in total. The van der Waals surface area contributed by atoms with E-state index < -0.39 is 9.84 Å². The van der Waals surface area contributed by atoms with Crippen molar-refractivity contribution in [1.29, 1.82) is 0 Å². The van der Waals surface area contributed by atoms with Gasteiger partial charge < -0.3 is 9.47 Å². The lowest BCUT2D eigenvalue weighted by Gasteiger charge is -2.20. The third-order valence-electron chi connectivity index (χ3n) is 5.76. The summed E-state index contributed by atoms with van der Waals surface area (Å²) in [5.74, 6) is 0.0877. The first kappa shape index (κ1) is 21.3. The Balaban J connectivity index is 1.73. The van der Waals surface area contributed by atoms with Gasteiger partial charge in [0.15, 0.2) is 9.84 Å². The number of carbonyl (C=O) groups excluding carboxylic acids is 1. The van der Waals surface area contributed by atoms with E-state index in [0.29, 0.717) is 23.6 Å². The number of hydrogen-bond donors (Lipinski definition) is 0. The van der Waals surface area contributed by atoms with Crippen LogP contribution in [0.1, 0.15) is 47.2 Å². The van der Waals surface area contributed by atoms with Gasteiger partial charge in [0.05, 0.1) is 11.3 Å². The average Bonchev–Trinajstić information content (AvgIpc) is 3.56. The van der Waals surface area contributed by atoms with Gasteiger partial charge in [0.1, 0.15) is 0 Å². The van der Waals surface area contributed by atoms with Gasteiger partial charge in [-0.05, 0) is 67.1 Å². The molecular weight excluding hydrogens is 412 g/mol. The Kier molecular flexibility index (Phi) is 5.47. The van der Waals surface area contributed by atoms with E-state index in [1.165, 1.54) is 6.26 Å². The van der Waals surface area contributed by atoms with Crippen LogP contribution in [0.2, 0.25) is 0 Å². The predicted octanol–water partition coefficient (Wildman–Crippen LogP) is 3.72. The molecule has 162 valence electrons. The second kappa shape index (κ2) is 7.96. The number of anilines is 1. The highest BCUT2D eigenvalue weighted by Gasteiger charge is 2.27. The highest BCUT2D eigenvalue weighted by atomic mass is 32.2. The predicted molar refractivity (Wildman–Crippen MR) is 124 cm³/mol. The van der Waals surface area contributed by atoms with E-state index in [1.807, 2.05) is 25.1 Å². The van der Waals surface area contributed by atoms with E-state index >= 15 is 0 Å². The van der Waals surface area contributed by atoms with Crippen LogP contribution in [0.25, 0.3) is 10.9 Å². The molecule has 1 aliphatic rings. The highest BCUT2D eigenvalue weighted by Crippen LogP contribution is 2.43. The maximum absolute atomic E-state index is 13.1. The number of aryl methyl sites for hydroxylation is 1. The molecule has 0 aliphatic heterocycles. The Labute approximate surface area is 182 Å². The zero-order chi connectivity index (χ0) is 22.3. The smallest absolute Gasteiger partial charge is 0.258 e. The Morgan fingerprint density at radius 2 is 1.87 bits per heavy atom. The lowest BCUT2D eigenvalue weighted by molar-refractivity contribution is 0.0993. The Bertz CT molecular complexity index is 1340. The number of amides is 1. The number of sulfone groups is 1. The molecule has 6 nitrogen and oxygen atoms in total. The van der Waals surface area contributed by atoms with E-state index in [4.69, 9.17) is 0 Å². The Morgan fingerprint density at radius 1 is 1.13 bits per heavy atom. The molecule has 3 aromatic rings. The minimum absolute atomic E-state index is 0.0109. The van der Waals surface area contributed by atoms with Crippen molar-refractivity contribution < 1.29 is 13.2 Å². The summed E-state index contributed by atoms with van der Waals surface area (Å²) in [6.07, 6.45) is 3.34. The maximum atomic E-state index is 13.1. The molecule has 1 fully saturated rings. The molecule has 4 rings (SSSR count). The molecule has 1 saturated carbocycles. The van der Waals surface area contributed by atoms with Crippen molar-refractivity contribution in [2.45, 2.75) is 38.0 Å². The van der Waals surface area contributed by atoms with Crippen LogP contribution in [0.3, 0.4) is 0 Å². The van der Waals surface area contributed by atoms with Crippen molar-refractivity contribution in [2.24, 2.45) is 0 Å². The number of nitrogens with zero attached hydrogens (tertiary/aromatic N) is 2. The Morgan fingerprint density at radius 3 is 2.52 bits per heavy atom. The van der Waals surface area contributed by atoms with Crippen molar-refractivity contribution in [3.05, 3.63) is 75.6 Å². The number of carbonyl (C=O) groups is 1. The zero-order valence-corrected chi connectivity index (χ0v) is 18.8. The van der Waals surface area contributed by atoms with Crippen LogP contribution in [0, 0.1) is 0 Å². The van der Waals surface area contributed by atoms with Crippen molar-refractivity contribution >= 4 is 32.3 Å². The van der Waals surface area contributed by atoms with Gasteiger partial charge in [-0.3, -0.25) is 9.59 Å². The number of aromatic nitrogens is 1. The van der Waals surface area contributed by atoms with Gasteiger partial charge in [-0.1, -0.05) is 12.1 Å². The van der Waals surface area contributed by atoms with Gasteiger partial charge in [0.25, 0.3) is 11.5 Å². The number of rotatable bonds is 6. The first-order valence-corrected chi connectivity index (χ1v) is 12.5. The molecule has 1 aliphatic carbocycles. The molecule has 7 heteroatoms. The van der Waals surface area contributed by atoms with Crippen LogP contribution in [0.5, 0.6) is 0 Å². The van der Waals surface area contributed by atoms with E-state index in [9.17, 15) is 18.0 Å². The molecule has 31 heavy (non-hydrogen) atoms. The highest BCUT2D eigenvalue weighted by molar-refractivity contribution is 7.89. The third kappa shape index (κ3) is 4.42. The molecule has 0 spiro atoms. The quantitative estimate of drug-likeness (QED) is 0.588. The van der Waals surface area contributed by atoms with E-state index in [0.717, 1.165) is 35.0 Å². The van der Waals surface area contributed by atoms with Crippen LogP contribution in [0.4, 0.5) is 5.69 Å².